The van der Waals surface area contributed by atoms with Gasteiger partial charge in [0.1, 0.15) is 5.82 Å². The fourth-order valence-corrected chi connectivity index (χ4v) is 5.75. The van der Waals surface area contributed by atoms with Gasteiger partial charge in [0.25, 0.3) is 0 Å². The molecule has 1 heterocycles. The molecule has 178 valence electrons. The minimum absolute atomic E-state index is 0.136. The molecule has 0 radical (unpaired) electrons. The van der Waals surface area contributed by atoms with E-state index in [4.69, 9.17) is 0 Å². The van der Waals surface area contributed by atoms with Crippen molar-refractivity contribution in [1.82, 2.24) is 9.62 Å². The van der Waals surface area contributed by atoms with Crippen molar-refractivity contribution >= 4 is 15.9 Å². The summed E-state index contributed by atoms with van der Waals surface area (Å²) in [7, 11) is -3.46. The maximum atomic E-state index is 13.4. The quantitative estimate of drug-likeness (QED) is 0.502. The standard InChI is InChI=1S/C27H29FN2O3S/c28-24-14-12-23(13-15-24)27(22-7-3-1-4-8-22)29-26(31)18-11-21-9-16-25(17-10-21)34(32,33)30-19-5-2-6-20-30/h1,3-4,7-10,12-17,27H,2,5-6,11,18-20H2,(H,29,31). The first-order chi connectivity index (χ1) is 16.4. The molecule has 1 unspecified atom stereocenters. The first-order valence-corrected chi connectivity index (χ1v) is 13.1. The number of aryl methyl sites for hydroxylation is 1. The van der Waals surface area contributed by atoms with E-state index in [2.05, 4.69) is 5.32 Å². The van der Waals surface area contributed by atoms with Gasteiger partial charge in [-0.2, -0.15) is 4.31 Å². The van der Waals surface area contributed by atoms with E-state index in [-0.39, 0.29) is 24.2 Å². The van der Waals surface area contributed by atoms with E-state index >= 15 is 0 Å². The molecule has 34 heavy (non-hydrogen) atoms. The Morgan fingerprint density at radius 2 is 1.47 bits per heavy atom. The SMILES string of the molecule is O=C(CCc1ccc(S(=O)(=O)N2CCCCC2)cc1)NC(c1ccccc1)c1ccc(F)cc1. The summed E-state index contributed by atoms with van der Waals surface area (Å²) in [4.78, 5) is 13.1. The van der Waals surface area contributed by atoms with E-state index in [9.17, 15) is 17.6 Å². The predicted octanol–water partition coefficient (Wildman–Crippen LogP) is 4.84. The van der Waals surface area contributed by atoms with Crippen LogP contribution in [0.2, 0.25) is 0 Å². The number of sulfonamides is 1. The van der Waals surface area contributed by atoms with Crippen LogP contribution in [0.15, 0.2) is 83.8 Å². The Kier molecular flexibility index (Phi) is 7.75. The largest absolute Gasteiger partial charge is 0.345 e. The van der Waals surface area contributed by atoms with Crippen LogP contribution in [0, 0.1) is 5.82 Å². The number of nitrogens with one attached hydrogen (secondary N) is 1. The minimum Gasteiger partial charge on any atom is -0.345 e. The molecule has 0 spiro atoms. The van der Waals surface area contributed by atoms with Crippen molar-refractivity contribution in [3.05, 3.63) is 101 Å². The molecule has 3 aromatic carbocycles. The van der Waals surface area contributed by atoms with E-state index in [1.54, 1.807) is 40.7 Å². The lowest BCUT2D eigenvalue weighted by Gasteiger charge is -2.25. The van der Waals surface area contributed by atoms with E-state index < -0.39 is 10.0 Å². The zero-order chi connectivity index (χ0) is 24.0. The summed E-state index contributed by atoms with van der Waals surface area (Å²) in [5, 5.41) is 3.05. The van der Waals surface area contributed by atoms with Gasteiger partial charge in [0.2, 0.25) is 15.9 Å². The highest BCUT2D eigenvalue weighted by Crippen LogP contribution is 2.23. The lowest BCUT2D eigenvalue weighted by Crippen LogP contribution is -2.35. The van der Waals surface area contributed by atoms with Gasteiger partial charge in [-0.1, -0.05) is 61.0 Å². The van der Waals surface area contributed by atoms with Gasteiger partial charge in [0.15, 0.2) is 0 Å². The molecule has 1 fully saturated rings. The van der Waals surface area contributed by atoms with E-state index in [1.165, 1.54) is 12.1 Å². The summed E-state index contributed by atoms with van der Waals surface area (Å²) in [5.41, 5.74) is 2.61. The Morgan fingerprint density at radius 3 is 2.12 bits per heavy atom. The van der Waals surface area contributed by atoms with Crippen LogP contribution in [-0.2, 0) is 21.2 Å². The molecule has 1 saturated heterocycles. The summed E-state index contributed by atoms with van der Waals surface area (Å²) >= 11 is 0. The number of rotatable bonds is 8. The van der Waals surface area contributed by atoms with Crippen molar-refractivity contribution in [3.8, 4) is 0 Å². The number of halogens is 1. The Morgan fingerprint density at radius 1 is 0.853 bits per heavy atom. The first-order valence-electron chi connectivity index (χ1n) is 11.6. The van der Waals surface area contributed by atoms with Crippen molar-refractivity contribution in [2.24, 2.45) is 0 Å². The Bertz CT molecular complexity index is 1190. The third kappa shape index (κ3) is 5.90. The van der Waals surface area contributed by atoms with Crippen molar-refractivity contribution in [2.45, 2.75) is 43.0 Å². The summed E-state index contributed by atoms with van der Waals surface area (Å²) in [6.45, 7) is 1.14. The van der Waals surface area contributed by atoms with Crippen molar-refractivity contribution in [2.75, 3.05) is 13.1 Å². The molecule has 5 nitrogen and oxygen atoms in total. The number of benzene rings is 3. The predicted molar refractivity (Wildman–Crippen MR) is 130 cm³/mol. The normalized spacial score (nSPS) is 15.6. The van der Waals surface area contributed by atoms with Crippen LogP contribution in [0.4, 0.5) is 4.39 Å². The van der Waals surface area contributed by atoms with Crippen molar-refractivity contribution < 1.29 is 17.6 Å². The first kappa shape index (κ1) is 24.1. The molecule has 1 N–H and O–H groups in total. The van der Waals surface area contributed by atoms with E-state index in [1.807, 2.05) is 30.3 Å². The van der Waals surface area contributed by atoms with Gasteiger partial charge in [-0.05, 0) is 60.2 Å². The lowest BCUT2D eigenvalue weighted by molar-refractivity contribution is -0.121. The molecule has 1 atom stereocenters. The van der Waals surface area contributed by atoms with Gasteiger partial charge in [0, 0.05) is 19.5 Å². The molecule has 0 bridgehead atoms. The molecule has 0 aromatic heterocycles. The fraction of sp³-hybridized carbons (Fsp3) is 0.296. The van der Waals surface area contributed by atoms with E-state index in [0.717, 1.165) is 36.0 Å². The fourth-order valence-electron chi connectivity index (χ4n) is 4.23. The Labute approximate surface area is 200 Å². The number of carbonyl (C=O) groups excluding carboxylic acids is 1. The van der Waals surface area contributed by atoms with Crippen LogP contribution in [0.3, 0.4) is 0 Å². The molecular formula is C27H29FN2O3S. The van der Waals surface area contributed by atoms with Crippen LogP contribution in [0.25, 0.3) is 0 Å². The third-order valence-corrected chi connectivity index (χ3v) is 8.07. The monoisotopic (exact) mass is 480 g/mol. The van der Waals surface area contributed by atoms with Gasteiger partial charge in [0.05, 0.1) is 10.9 Å². The summed E-state index contributed by atoms with van der Waals surface area (Å²) in [5.74, 6) is -0.462. The highest BCUT2D eigenvalue weighted by molar-refractivity contribution is 7.89. The zero-order valence-electron chi connectivity index (χ0n) is 19.0. The lowest BCUT2D eigenvalue weighted by atomic mass is 9.98. The van der Waals surface area contributed by atoms with Crippen molar-refractivity contribution in [1.29, 1.82) is 0 Å². The Balaban J connectivity index is 1.40. The second-order valence-electron chi connectivity index (χ2n) is 8.57. The smallest absolute Gasteiger partial charge is 0.243 e. The zero-order valence-corrected chi connectivity index (χ0v) is 19.8. The number of amides is 1. The van der Waals surface area contributed by atoms with E-state index in [0.29, 0.717) is 24.4 Å². The van der Waals surface area contributed by atoms with Gasteiger partial charge in [-0.15, -0.1) is 0 Å². The molecule has 1 aliphatic heterocycles. The molecule has 4 rings (SSSR count). The Hall–Kier alpha value is -3.03. The molecule has 1 aliphatic rings. The maximum absolute atomic E-state index is 13.4. The number of hydrogen-bond acceptors (Lipinski definition) is 3. The van der Waals surface area contributed by atoms with Gasteiger partial charge in [-0.25, -0.2) is 12.8 Å². The number of nitrogens with zero attached hydrogens (tertiary/aromatic N) is 1. The molecular weight excluding hydrogens is 451 g/mol. The molecule has 3 aromatic rings. The third-order valence-electron chi connectivity index (χ3n) is 6.16. The average molecular weight is 481 g/mol. The molecule has 0 aliphatic carbocycles. The van der Waals surface area contributed by atoms with Crippen LogP contribution in [-0.4, -0.2) is 31.7 Å². The topological polar surface area (TPSA) is 66.5 Å². The highest BCUT2D eigenvalue weighted by Gasteiger charge is 2.25. The second kappa shape index (κ2) is 10.9. The maximum Gasteiger partial charge on any atom is 0.243 e. The highest BCUT2D eigenvalue weighted by atomic mass is 32.2. The number of hydrogen-bond donors (Lipinski definition) is 1. The molecule has 7 heteroatoms. The van der Waals surface area contributed by atoms with Crippen molar-refractivity contribution in [3.63, 3.8) is 0 Å². The second-order valence-corrected chi connectivity index (χ2v) is 10.5. The van der Waals surface area contributed by atoms with Gasteiger partial charge >= 0.3 is 0 Å². The van der Waals surface area contributed by atoms with Crippen LogP contribution in [0.5, 0.6) is 0 Å². The summed E-state index contributed by atoms with van der Waals surface area (Å²) < 4.78 is 40.6. The average Bonchev–Trinajstić information content (AvgIpc) is 2.88. The summed E-state index contributed by atoms with van der Waals surface area (Å²) in [6.07, 6.45) is 3.60. The van der Waals surface area contributed by atoms with Gasteiger partial charge in [-0.3, -0.25) is 4.79 Å². The van der Waals surface area contributed by atoms with Crippen LogP contribution >= 0.6 is 0 Å². The van der Waals surface area contributed by atoms with Gasteiger partial charge < -0.3 is 5.32 Å². The van der Waals surface area contributed by atoms with Crippen LogP contribution < -0.4 is 5.32 Å². The molecule has 1 amide bonds. The summed E-state index contributed by atoms with van der Waals surface area (Å²) in [6, 6.07) is 22.1. The number of carbonyl (C=O) groups is 1. The minimum atomic E-state index is -3.46. The number of piperidine rings is 1. The van der Waals surface area contributed by atoms with Crippen LogP contribution in [0.1, 0.15) is 48.4 Å². The molecule has 0 saturated carbocycles.